The molecule has 0 fully saturated rings. The summed E-state index contributed by atoms with van der Waals surface area (Å²) in [5.74, 6) is 1.94. The molecule has 4 heterocycles. The van der Waals surface area contributed by atoms with Crippen molar-refractivity contribution in [1.29, 1.82) is 0 Å². The van der Waals surface area contributed by atoms with Gasteiger partial charge < -0.3 is 9.26 Å². The number of ether oxygens (including phenoxy) is 1. The lowest BCUT2D eigenvalue weighted by Crippen LogP contribution is -2.25. The number of thiophene rings is 1. The molecule has 0 aliphatic heterocycles. The number of aromatic nitrogens is 5. The molecule has 0 saturated heterocycles. The molecule has 4 rings (SSSR count). The molecule has 4 aromatic rings. The van der Waals surface area contributed by atoms with Crippen molar-refractivity contribution >= 4 is 33.3 Å². The Morgan fingerprint density at radius 3 is 2.81 bits per heavy atom. The lowest BCUT2D eigenvalue weighted by atomic mass is 10.2. The Hall–Kier alpha value is -2.56. The van der Waals surface area contributed by atoms with E-state index in [1.807, 2.05) is 26.0 Å². The number of methoxy groups -OCH3 is 1. The molecule has 0 bridgehead atoms. The predicted molar refractivity (Wildman–Crippen MR) is 122 cm³/mol. The van der Waals surface area contributed by atoms with E-state index >= 15 is 0 Å². The minimum absolute atomic E-state index is 0.00490. The van der Waals surface area contributed by atoms with Gasteiger partial charge in [-0.15, -0.1) is 11.3 Å². The van der Waals surface area contributed by atoms with Gasteiger partial charge in [-0.3, -0.25) is 14.3 Å². The average molecular weight is 458 g/mol. The van der Waals surface area contributed by atoms with Crippen LogP contribution in [0.1, 0.15) is 22.8 Å². The molecule has 8 nitrogen and oxygen atoms in total. The van der Waals surface area contributed by atoms with Crippen LogP contribution in [0.3, 0.4) is 0 Å². The first-order chi connectivity index (χ1) is 15.1. The van der Waals surface area contributed by atoms with Crippen molar-refractivity contribution in [1.82, 2.24) is 24.7 Å². The van der Waals surface area contributed by atoms with Gasteiger partial charge in [-0.05, 0) is 38.0 Å². The molecule has 0 saturated carbocycles. The Kier molecular flexibility index (Phi) is 6.79. The number of thioether (sulfide) groups is 1. The first kappa shape index (κ1) is 21.7. The number of rotatable bonds is 9. The van der Waals surface area contributed by atoms with Crippen molar-refractivity contribution in [2.24, 2.45) is 0 Å². The summed E-state index contributed by atoms with van der Waals surface area (Å²) in [4.78, 5) is 28.3. The van der Waals surface area contributed by atoms with Gasteiger partial charge in [0.25, 0.3) is 5.56 Å². The van der Waals surface area contributed by atoms with Crippen molar-refractivity contribution in [2.75, 3.05) is 19.5 Å². The summed E-state index contributed by atoms with van der Waals surface area (Å²) in [5, 5.41) is 5.48. The van der Waals surface area contributed by atoms with E-state index in [1.165, 1.54) is 0 Å². The third kappa shape index (κ3) is 4.70. The third-order valence-electron chi connectivity index (χ3n) is 4.95. The normalized spacial score (nSPS) is 11.5. The van der Waals surface area contributed by atoms with Crippen molar-refractivity contribution in [3.05, 3.63) is 51.2 Å². The van der Waals surface area contributed by atoms with Gasteiger partial charge in [0.15, 0.2) is 5.16 Å². The van der Waals surface area contributed by atoms with E-state index in [2.05, 4.69) is 15.1 Å². The van der Waals surface area contributed by atoms with E-state index < -0.39 is 0 Å². The summed E-state index contributed by atoms with van der Waals surface area (Å²) in [5.41, 5.74) is 1.90. The quantitative estimate of drug-likeness (QED) is 0.212. The van der Waals surface area contributed by atoms with Crippen molar-refractivity contribution in [2.45, 2.75) is 38.4 Å². The Balaban J connectivity index is 1.45. The minimum Gasteiger partial charge on any atom is -0.383 e. The van der Waals surface area contributed by atoms with Gasteiger partial charge >= 0.3 is 0 Å². The van der Waals surface area contributed by atoms with E-state index in [0.717, 1.165) is 43.6 Å². The van der Waals surface area contributed by atoms with Crippen LogP contribution in [0.5, 0.6) is 0 Å². The van der Waals surface area contributed by atoms with Gasteiger partial charge in [-0.25, -0.2) is 4.98 Å². The molecular formula is C21H23N5O3S2. The Bertz CT molecular complexity index is 1230. The van der Waals surface area contributed by atoms with Crippen LogP contribution in [0.4, 0.5) is 0 Å². The summed E-state index contributed by atoms with van der Waals surface area (Å²) in [7, 11) is 1.63. The fourth-order valence-corrected chi connectivity index (χ4v) is 5.19. The standard InChI is InChI=1S/C21H23N5O3S2/c1-13-14(2)31-19-17(13)20(27)26(10-11-28-3)21(24-19)30-12-4-5-16-23-18(25-29-16)15-6-8-22-9-7-15/h6-9H,4-5,10-12H2,1-3H3. The van der Waals surface area contributed by atoms with E-state index in [9.17, 15) is 4.79 Å². The van der Waals surface area contributed by atoms with Crippen LogP contribution in [-0.4, -0.2) is 44.1 Å². The molecule has 0 unspecified atom stereocenters. The van der Waals surface area contributed by atoms with Crippen molar-refractivity contribution < 1.29 is 9.26 Å². The van der Waals surface area contributed by atoms with Crippen molar-refractivity contribution in [3.8, 4) is 11.4 Å². The highest BCUT2D eigenvalue weighted by atomic mass is 32.2. The second kappa shape index (κ2) is 9.71. The first-order valence-electron chi connectivity index (χ1n) is 9.93. The summed E-state index contributed by atoms with van der Waals surface area (Å²) >= 11 is 3.14. The summed E-state index contributed by atoms with van der Waals surface area (Å²) in [6.45, 7) is 4.95. The van der Waals surface area contributed by atoms with Gasteiger partial charge in [-0.2, -0.15) is 4.98 Å². The van der Waals surface area contributed by atoms with E-state index in [4.69, 9.17) is 14.2 Å². The Labute approximate surface area is 187 Å². The molecule has 31 heavy (non-hydrogen) atoms. The van der Waals surface area contributed by atoms with E-state index in [-0.39, 0.29) is 5.56 Å². The zero-order chi connectivity index (χ0) is 21.8. The van der Waals surface area contributed by atoms with Crippen LogP contribution in [-0.2, 0) is 17.7 Å². The fraction of sp³-hybridized carbons (Fsp3) is 0.381. The highest BCUT2D eigenvalue weighted by molar-refractivity contribution is 7.99. The molecule has 0 N–H and O–H groups in total. The topological polar surface area (TPSA) is 95.9 Å². The summed E-state index contributed by atoms with van der Waals surface area (Å²) in [6.07, 6.45) is 4.88. The molecule has 10 heteroatoms. The SMILES string of the molecule is COCCn1c(SCCCc2nc(-c3ccncc3)no2)nc2sc(C)c(C)c2c1=O. The molecule has 0 spiro atoms. The second-order valence-corrected chi connectivity index (χ2v) is 9.27. The number of pyridine rings is 1. The van der Waals surface area contributed by atoms with Crippen molar-refractivity contribution in [3.63, 3.8) is 0 Å². The fourth-order valence-electron chi connectivity index (χ4n) is 3.16. The number of hydrogen-bond donors (Lipinski definition) is 0. The number of hydrogen-bond acceptors (Lipinski definition) is 9. The molecule has 0 aliphatic rings. The molecule has 0 amide bonds. The third-order valence-corrected chi connectivity index (χ3v) is 7.11. The number of aryl methyl sites for hydroxylation is 3. The Morgan fingerprint density at radius 2 is 2.03 bits per heavy atom. The van der Waals surface area contributed by atoms with Gasteiger partial charge in [0, 0.05) is 42.1 Å². The lowest BCUT2D eigenvalue weighted by molar-refractivity contribution is 0.183. The Morgan fingerprint density at radius 1 is 1.23 bits per heavy atom. The maximum Gasteiger partial charge on any atom is 0.263 e. The van der Waals surface area contributed by atoms with Gasteiger partial charge in [0.05, 0.1) is 18.5 Å². The van der Waals surface area contributed by atoms with Crippen LogP contribution in [0.2, 0.25) is 0 Å². The zero-order valence-electron chi connectivity index (χ0n) is 17.6. The van der Waals surface area contributed by atoms with E-state index in [0.29, 0.717) is 31.3 Å². The molecule has 0 atom stereocenters. The van der Waals surface area contributed by atoms with Gasteiger partial charge in [-0.1, -0.05) is 16.9 Å². The predicted octanol–water partition coefficient (Wildman–Crippen LogP) is 3.89. The number of fused-ring (bicyclic) bond motifs is 1. The monoisotopic (exact) mass is 457 g/mol. The number of nitrogens with zero attached hydrogens (tertiary/aromatic N) is 5. The first-order valence-corrected chi connectivity index (χ1v) is 11.7. The largest absolute Gasteiger partial charge is 0.383 e. The summed E-state index contributed by atoms with van der Waals surface area (Å²) in [6, 6.07) is 3.69. The van der Waals surface area contributed by atoms with E-state index in [1.54, 1.807) is 47.2 Å². The van der Waals surface area contributed by atoms with Crippen LogP contribution in [0.15, 0.2) is 39.0 Å². The van der Waals surface area contributed by atoms with Gasteiger partial charge in [0.2, 0.25) is 11.7 Å². The molecule has 0 radical (unpaired) electrons. The van der Waals surface area contributed by atoms with Crippen LogP contribution >= 0.6 is 23.1 Å². The zero-order valence-corrected chi connectivity index (χ0v) is 19.3. The van der Waals surface area contributed by atoms with Gasteiger partial charge in [0.1, 0.15) is 4.83 Å². The average Bonchev–Trinajstić information content (AvgIpc) is 3.36. The molecule has 0 aliphatic carbocycles. The highest BCUT2D eigenvalue weighted by Gasteiger charge is 2.17. The van der Waals surface area contributed by atoms with Crippen LogP contribution in [0, 0.1) is 13.8 Å². The maximum atomic E-state index is 13.1. The smallest absolute Gasteiger partial charge is 0.263 e. The second-order valence-electron chi connectivity index (χ2n) is 7.01. The van der Waals surface area contributed by atoms with Crippen LogP contribution < -0.4 is 5.56 Å². The maximum absolute atomic E-state index is 13.1. The molecule has 0 aromatic carbocycles. The molecular weight excluding hydrogens is 434 g/mol. The molecule has 162 valence electrons. The highest BCUT2D eigenvalue weighted by Crippen LogP contribution is 2.28. The molecule has 4 aromatic heterocycles. The minimum atomic E-state index is 0.00490. The summed E-state index contributed by atoms with van der Waals surface area (Å²) < 4.78 is 12.3. The van der Waals surface area contributed by atoms with Crippen LogP contribution in [0.25, 0.3) is 21.6 Å². The lowest BCUT2D eigenvalue weighted by Gasteiger charge is -2.11.